The summed E-state index contributed by atoms with van der Waals surface area (Å²) in [4.78, 5) is 0. The zero-order valence-electron chi connectivity index (χ0n) is 12.4. The summed E-state index contributed by atoms with van der Waals surface area (Å²) in [6, 6.07) is 0. The van der Waals surface area contributed by atoms with E-state index in [1.807, 2.05) is 11.8 Å². The van der Waals surface area contributed by atoms with Crippen LogP contribution < -0.4 is 5.73 Å². The molecule has 0 saturated heterocycles. The van der Waals surface area contributed by atoms with Gasteiger partial charge in [-0.25, -0.2) is 0 Å². The number of hydrogen-bond acceptors (Lipinski definition) is 4. The second-order valence-corrected chi connectivity index (χ2v) is 5.93. The Bertz CT molecular complexity index is 338. The smallest absolute Gasteiger partial charge is 0.191 e. The summed E-state index contributed by atoms with van der Waals surface area (Å²) in [5.41, 5.74) is 5.68. The molecule has 2 N–H and O–H groups in total. The first-order valence-electron chi connectivity index (χ1n) is 7.58. The van der Waals surface area contributed by atoms with Crippen LogP contribution in [0.2, 0.25) is 0 Å². The molecule has 0 aliphatic rings. The van der Waals surface area contributed by atoms with Gasteiger partial charge in [0.1, 0.15) is 5.82 Å². The molecular formula is C14H28N4S. The molecule has 0 aliphatic carbocycles. The van der Waals surface area contributed by atoms with Crippen LogP contribution in [-0.4, -0.2) is 20.5 Å². The van der Waals surface area contributed by atoms with E-state index >= 15 is 0 Å². The highest BCUT2D eigenvalue weighted by Crippen LogP contribution is 2.19. The van der Waals surface area contributed by atoms with E-state index in [1.54, 1.807) is 0 Å². The summed E-state index contributed by atoms with van der Waals surface area (Å²) < 4.78 is 2.17. The molecule has 0 atom stereocenters. The first kappa shape index (κ1) is 16.5. The fourth-order valence-corrected chi connectivity index (χ4v) is 3.05. The second-order valence-electron chi connectivity index (χ2n) is 4.87. The summed E-state index contributed by atoms with van der Waals surface area (Å²) in [7, 11) is 0. The zero-order valence-corrected chi connectivity index (χ0v) is 13.2. The lowest BCUT2D eigenvalue weighted by molar-refractivity contribution is 0.591. The Labute approximate surface area is 121 Å². The van der Waals surface area contributed by atoms with E-state index in [2.05, 4.69) is 28.6 Å². The Hall–Kier alpha value is -0.550. The lowest BCUT2D eigenvalue weighted by Gasteiger charge is -2.07. The number of nitrogens with zero attached hydrogens (tertiary/aromatic N) is 3. The lowest BCUT2D eigenvalue weighted by atomic mass is 10.1. The molecule has 0 unspecified atom stereocenters. The Morgan fingerprint density at radius 1 is 1.00 bits per heavy atom. The fraction of sp³-hybridized carbons (Fsp3) is 0.857. The largest absolute Gasteiger partial charge is 0.324 e. The van der Waals surface area contributed by atoms with Crippen molar-refractivity contribution < 1.29 is 0 Å². The van der Waals surface area contributed by atoms with Gasteiger partial charge < -0.3 is 10.3 Å². The maximum Gasteiger partial charge on any atom is 0.191 e. The average Bonchev–Trinajstić information content (AvgIpc) is 2.81. The summed E-state index contributed by atoms with van der Waals surface area (Å²) in [6.07, 6.45) is 9.13. The third-order valence-corrected chi connectivity index (χ3v) is 4.21. The van der Waals surface area contributed by atoms with Gasteiger partial charge in [-0.2, -0.15) is 0 Å². The van der Waals surface area contributed by atoms with E-state index < -0.39 is 0 Å². The number of unbranched alkanes of at least 4 members (excludes halogenated alkanes) is 5. The molecule has 0 amide bonds. The molecular weight excluding hydrogens is 256 g/mol. The van der Waals surface area contributed by atoms with Gasteiger partial charge in [-0.1, -0.05) is 57.7 Å². The molecule has 5 heteroatoms. The van der Waals surface area contributed by atoms with Crippen LogP contribution in [0.3, 0.4) is 0 Å². The van der Waals surface area contributed by atoms with E-state index in [-0.39, 0.29) is 0 Å². The molecule has 0 fully saturated rings. The molecule has 1 aromatic rings. The quantitative estimate of drug-likeness (QED) is 0.498. The highest BCUT2D eigenvalue weighted by molar-refractivity contribution is 7.99. The van der Waals surface area contributed by atoms with Gasteiger partial charge in [-0.3, -0.25) is 0 Å². The van der Waals surface area contributed by atoms with Crippen molar-refractivity contribution in [2.45, 2.75) is 77.0 Å². The van der Waals surface area contributed by atoms with Crippen LogP contribution in [0, 0.1) is 0 Å². The number of nitrogens with two attached hydrogens (primary N) is 1. The minimum Gasteiger partial charge on any atom is -0.324 e. The van der Waals surface area contributed by atoms with Crippen LogP contribution in [0.15, 0.2) is 5.16 Å². The Balaban J connectivity index is 2.26. The van der Waals surface area contributed by atoms with Crippen molar-refractivity contribution in [1.82, 2.24) is 14.8 Å². The molecule has 0 radical (unpaired) electrons. The van der Waals surface area contributed by atoms with E-state index in [4.69, 9.17) is 5.73 Å². The normalized spacial score (nSPS) is 11.1. The minimum absolute atomic E-state index is 0.477. The fourth-order valence-electron chi connectivity index (χ4n) is 2.07. The van der Waals surface area contributed by atoms with E-state index in [0.29, 0.717) is 6.54 Å². The van der Waals surface area contributed by atoms with Gasteiger partial charge in [0, 0.05) is 12.3 Å². The SMILES string of the molecule is CCCCCCCCSc1nnc(CN)n1CCC. The minimum atomic E-state index is 0.477. The highest BCUT2D eigenvalue weighted by Gasteiger charge is 2.09. The van der Waals surface area contributed by atoms with Crippen molar-refractivity contribution in [2.24, 2.45) is 5.73 Å². The van der Waals surface area contributed by atoms with Crippen LogP contribution in [0.4, 0.5) is 0 Å². The molecule has 0 spiro atoms. The Morgan fingerprint density at radius 2 is 1.74 bits per heavy atom. The topological polar surface area (TPSA) is 56.7 Å². The maximum atomic E-state index is 5.68. The molecule has 4 nitrogen and oxygen atoms in total. The molecule has 0 saturated carbocycles. The van der Waals surface area contributed by atoms with Gasteiger partial charge in [0.2, 0.25) is 0 Å². The molecule has 0 aliphatic heterocycles. The second kappa shape index (κ2) is 10.3. The van der Waals surface area contributed by atoms with Gasteiger partial charge in [0.05, 0.1) is 6.54 Å². The number of aromatic nitrogens is 3. The molecule has 1 aromatic heterocycles. The van der Waals surface area contributed by atoms with E-state index in [0.717, 1.165) is 29.7 Å². The lowest BCUT2D eigenvalue weighted by Crippen LogP contribution is -2.09. The van der Waals surface area contributed by atoms with Crippen molar-refractivity contribution in [1.29, 1.82) is 0 Å². The number of hydrogen-bond donors (Lipinski definition) is 1. The van der Waals surface area contributed by atoms with Crippen LogP contribution in [0.5, 0.6) is 0 Å². The molecule has 1 heterocycles. The summed E-state index contributed by atoms with van der Waals surface area (Å²) in [5, 5.41) is 9.45. The zero-order chi connectivity index (χ0) is 13.9. The molecule has 0 aromatic carbocycles. The number of rotatable bonds is 11. The van der Waals surface area contributed by atoms with Crippen molar-refractivity contribution in [2.75, 3.05) is 5.75 Å². The van der Waals surface area contributed by atoms with Crippen molar-refractivity contribution in [3.05, 3.63) is 5.82 Å². The van der Waals surface area contributed by atoms with Crippen LogP contribution in [0.1, 0.15) is 64.6 Å². The van der Waals surface area contributed by atoms with Gasteiger partial charge in [0.15, 0.2) is 5.16 Å². The third kappa shape index (κ3) is 5.95. The molecule has 1 rings (SSSR count). The molecule has 0 bridgehead atoms. The summed E-state index contributed by atoms with van der Waals surface area (Å²) in [6.45, 7) is 5.87. The maximum absolute atomic E-state index is 5.68. The first-order chi connectivity index (χ1) is 9.33. The van der Waals surface area contributed by atoms with Crippen molar-refractivity contribution >= 4 is 11.8 Å². The predicted molar refractivity (Wildman–Crippen MR) is 82.3 cm³/mol. The molecule has 19 heavy (non-hydrogen) atoms. The first-order valence-corrected chi connectivity index (χ1v) is 8.57. The monoisotopic (exact) mass is 284 g/mol. The highest BCUT2D eigenvalue weighted by atomic mass is 32.2. The third-order valence-electron chi connectivity index (χ3n) is 3.15. The Kier molecular flexibility index (Phi) is 8.91. The van der Waals surface area contributed by atoms with E-state index in [9.17, 15) is 0 Å². The van der Waals surface area contributed by atoms with Crippen LogP contribution in [0.25, 0.3) is 0 Å². The van der Waals surface area contributed by atoms with Gasteiger partial charge in [-0.15, -0.1) is 10.2 Å². The standard InChI is InChI=1S/C14H28N4S/c1-3-5-6-7-8-9-11-19-14-17-16-13(12-15)18(14)10-4-2/h3-12,15H2,1-2H3. The summed E-state index contributed by atoms with van der Waals surface area (Å²) >= 11 is 1.82. The Morgan fingerprint density at radius 3 is 2.42 bits per heavy atom. The van der Waals surface area contributed by atoms with Crippen molar-refractivity contribution in [3.63, 3.8) is 0 Å². The van der Waals surface area contributed by atoms with Gasteiger partial charge in [0.25, 0.3) is 0 Å². The van der Waals surface area contributed by atoms with E-state index in [1.165, 1.54) is 38.5 Å². The molecule has 110 valence electrons. The van der Waals surface area contributed by atoms with Gasteiger partial charge >= 0.3 is 0 Å². The average molecular weight is 284 g/mol. The van der Waals surface area contributed by atoms with Crippen molar-refractivity contribution in [3.8, 4) is 0 Å². The van der Waals surface area contributed by atoms with Crippen LogP contribution in [-0.2, 0) is 13.1 Å². The predicted octanol–water partition coefficient (Wildman–Crippen LogP) is 3.60. The van der Waals surface area contributed by atoms with Gasteiger partial charge in [-0.05, 0) is 12.8 Å². The van der Waals surface area contributed by atoms with Crippen LogP contribution >= 0.6 is 11.8 Å². The number of thioether (sulfide) groups is 1. The summed E-state index contributed by atoms with van der Waals surface area (Å²) in [5.74, 6) is 2.05.